The SMILES string of the molecule is O=C(CN1NC(N2CCC3(CC3)C(F)(F)C2)C=CC1=O)Nc1ccn2ncnc2c1. The van der Waals surface area contributed by atoms with Gasteiger partial charge in [-0.15, -0.1) is 0 Å². The van der Waals surface area contributed by atoms with Gasteiger partial charge in [0, 0.05) is 36.0 Å². The molecule has 4 heterocycles. The average Bonchev–Trinajstić information content (AvgIpc) is 3.35. The number of hydrogen-bond acceptors (Lipinski definition) is 6. The number of hydrazine groups is 1. The topological polar surface area (TPSA) is 94.9 Å². The first-order chi connectivity index (χ1) is 14.4. The number of likely N-dealkylation sites (tertiary alicyclic amines) is 1. The van der Waals surface area contributed by atoms with Crippen LogP contribution in [0.1, 0.15) is 19.3 Å². The largest absolute Gasteiger partial charge is 0.324 e. The molecule has 30 heavy (non-hydrogen) atoms. The highest BCUT2D eigenvalue weighted by Crippen LogP contribution is 2.61. The second kappa shape index (κ2) is 6.81. The van der Waals surface area contributed by atoms with Gasteiger partial charge in [-0.1, -0.05) is 0 Å². The summed E-state index contributed by atoms with van der Waals surface area (Å²) in [6.07, 6.45) is 6.97. The lowest BCUT2D eigenvalue weighted by Crippen LogP contribution is -2.62. The Labute approximate surface area is 170 Å². The number of alkyl halides is 2. The number of halogens is 2. The van der Waals surface area contributed by atoms with Crippen LogP contribution in [0.5, 0.6) is 0 Å². The van der Waals surface area contributed by atoms with E-state index in [1.165, 1.54) is 12.4 Å². The van der Waals surface area contributed by atoms with Crippen molar-refractivity contribution in [3.8, 4) is 0 Å². The van der Waals surface area contributed by atoms with Gasteiger partial charge < -0.3 is 5.32 Å². The van der Waals surface area contributed by atoms with Crippen LogP contribution in [0, 0.1) is 5.41 Å². The molecule has 2 N–H and O–H groups in total. The first kappa shape index (κ1) is 19.1. The van der Waals surface area contributed by atoms with Crippen molar-refractivity contribution in [1.82, 2.24) is 29.9 Å². The Bertz CT molecular complexity index is 1030. The first-order valence-corrected chi connectivity index (χ1v) is 9.82. The van der Waals surface area contributed by atoms with Crippen molar-refractivity contribution in [2.45, 2.75) is 31.4 Å². The summed E-state index contributed by atoms with van der Waals surface area (Å²) in [6, 6.07) is 3.32. The lowest BCUT2D eigenvalue weighted by molar-refractivity contribution is -0.146. The van der Waals surface area contributed by atoms with Gasteiger partial charge >= 0.3 is 0 Å². The molecule has 2 aromatic heterocycles. The maximum absolute atomic E-state index is 14.5. The Morgan fingerprint density at radius 3 is 2.93 bits per heavy atom. The number of aromatic nitrogens is 3. The molecule has 0 aromatic carbocycles. The molecule has 1 saturated carbocycles. The fourth-order valence-electron chi connectivity index (χ4n) is 4.14. The van der Waals surface area contributed by atoms with E-state index in [0.717, 1.165) is 5.01 Å². The number of pyridine rings is 1. The highest BCUT2D eigenvalue weighted by molar-refractivity contribution is 5.97. The molecular formula is C19H21F2N7O2. The second-order valence-electron chi connectivity index (χ2n) is 8.09. The van der Waals surface area contributed by atoms with Crippen molar-refractivity contribution in [2.75, 3.05) is 25.0 Å². The maximum atomic E-state index is 14.5. The van der Waals surface area contributed by atoms with Crippen LogP contribution in [0.25, 0.3) is 5.65 Å². The summed E-state index contributed by atoms with van der Waals surface area (Å²) in [5.74, 6) is -3.57. The van der Waals surface area contributed by atoms with E-state index in [1.807, 2.05) is 0 Å². The van der Waals surface area contributed by atoms with Crippen LogP contribution in [-0.4, -0.2) is 68.0 Å². The maximum Gasteiger partial charge on any atom is 0.266 e. The molecule has 2 aromatic rings. The number of carbonyl (C=O) groups is 2. The van der Waals surface area contributed by atoms with Gasteiger partial charge in [-0.25, -0.2) is 23.7 Å². The van der Waals surface area contributed by atoms with Crippen LogP contribution in [0.4, 0.5) is 14.5 Å². The molecule has 1 unspecified atom stereocenters. The minimum atomic E-state index is -2.75. The Morgan fingerprint density at radius 2 is 2.17 bits per heavy atom. The Hall–Kier alpha value is -2.92. The molecule has 1 spiro atoms. The molecule has 11 heteroatoms. The van der Waals surface area contributed by atoms with Gasteiger partial charge in [0.15, 0.2) is 5.65 Å². The van der Waals surface area contributed by atoms with Gasteiger partial charge in [-0.05, 0) is 31.4 Å². The van der Waals surface area contributed by atoms with Crippen molar-refractivity contribution in [2.24, 2.45) is 5.41 Å². The second-order valence-corrected chi connectivity index (χ2v) is 8.09. The van der Waals surface area contributed by atoms with Crippen LogP contribution in [0.15, 0.2) is 36.8 Å². The van der Waals surface area contributed by atoms with Crippen LogP contribution < -0.4 is 10.7 Å². The van der Waals surface area contributed by atoms with E-state index in [4.69, 9.17) is 0 Å². The normalized spacial score (nSPS) is 25.1. The molecule has 2 amide bonds. The number of nitrogens with one attached hydrogen (secondary N) is 2. The minimum Gasteiger partial charge on any atom is -0.324 e. The number of rotatable bonds is 4. The van der Waals surface area contributed by atoms with Crippen molar-refractivity contribution in [3.63, 3.8) is 0 Å². The molecule has 9 nitrogen and oxygen atoms in total. The quantitative estimate of drug-likeness (QED) is 0.772. The smallest absolute Gasteiger partial charge is 0.266 e. The summed E-state index contributed by atoms with van der Waals surface area (Å²) in [6.45, 7) is -0.0997. The van der Waals surface area contributed by atoms with Crippen LogP contribution in [-0.2, 0) is 9.59 Å². The molecule has 2 fully saturated rings. The highest BCUT2D eigenvalue weighted by Gasteiger charge is 2.64. The molecule has 1 aliphatic carbocycles. The third-order valence-corrected chi connectivity index (χ3v) is 6.14. The molecular weight excluding hydrogens is 396 g/mol. The third kappa shape index (κ3) is 3.33. The molecule has 2 aliphatic heterocycles. The molecule has 158 valence electrons. The van der Waals surface area contributed by atoms with Gasteiger partial charge in [-0.3, -0.25) is 19.5 Å². The van der Waals surface area contributed by atoms with Gasteiger partial charge in [0.25, 0.3) is 11.8 Å². The summed E-state index contributed by atoms with van der Waals surface area (Å²) in [5.41, 5.74) is 3.16. The van der Waals surface area contributed by atoms with E-state index < -0.39 is 29.3 Å². The van der Waals surface area contributed by atoms with Gasteiger partial charge in [0.1, 0.15) is 12.9 Å². The van der Waals surface area contributed by atoms with Crippen molar-refractivity contribution in [1.29, 1.82) is 0 Å². The molecule has 0 radical (unpaired) electrons. The van der Waals surface area contributed by atoms with Crippen LogP contribution in [0.2, 0.25) is 0 Å². The molecule has 5 rings (SSSR count). The summed E-state index contributed by atoms with van der Waals surface area (Å²) in [7, 11) is 0. The zero-order chi connectivity index (χ0) is 20.9. The van der Waals surface area contributed by atoms with Crippen molar-refractivity contribution >= 4 is 23.1 Å². The van der Waals surface area contributed by atoms with E-state index in [-0.39, 0.29) is 13.1 Å². The van der Waals surface area contributed by atoms with E-state index in [0.29, 0.717) is 37.1 Å². The molecule has 1 saturated heterocycles. The molecule has 3 aliphatic rings. The fraction of sp³-hybridized carbons (Fsp3) is 0.474. The molecule has 1 atom stereocenters. The Morgan fingerprint density at radius 1 is 1.33 bits per heavy atom. The zero-order valence-corrected chi connectivity index (χ0v) is 16.1. The summed E-state index contributed by atoms with van der Waals surface area (Å²) < 4.78 is 30.6. The van der Waals surface area contributed by atoms with E-state index in [1.54, 1.807) is 33.8 Å². The Balaban J connectivity index is 1.22. The number of fused-ring (bicyclic) bond motifs is 1. The van der Waals surface area contributed by atoms with Crippen LogP contribution in [0.3, 0.4) is 0 Å². The third-order valence-electron chi connectivity index (χ3n) is 6.14. The number of amides is 2. The van der Waals surface area contributed by atoms with E-state index in [9.17, 15) is 18.4 Å². The fourth-order valence-corrected chi connectivity index (χ4v) is 4.14. The highest BCUT2D eigenvalue weighted by atomic mass is 19.3. The van der Waals surface area contributed by atoms with E-state index in [2.05, 4.69) is 20.8 Å². The number of hydrogen-bond donors (Lipinski definition) is 2. The lowest BCUT2D eigenvalue weighted by atomic mass is 9.89. The van der Waals surface area contributed by atoms with E-state index >= 15 is 0 Å². The minimum absolute atomic E-state index is 0.258. The predicted molar refractivity (Wildman–Crippen MR) is 102 cm³/mol. The van der Waals surface area contributed by atoms with Gasteiger partial charge in [0.05, 0.1) is 12.7 Å². The summed E-state index contributed by atoms with van der Waals surface area (Å²) in [5, 5.41) is 7.84. The predicted octanol–water partition coefficient (Wildman–Crippen LogP) is 1.02. The van der Waals surface area contributed by atoms with Crippen molar-refractivity contribution < 1.29 is 18.4 Å². The number of anilines is 1. The van der Waals surface area contributed by atoms with Gasteiger partial charge in [0.2, 0.25) is 5.91 Å². The standard InChI is InChI=1S/C19H21F2N7O2/c20-19(21)11-26(8-6-18(19)4-5-18)14-1-2-17(30)28(25-14)10-16(29)24-13-3-7-27-15(9-13)22-12-23-27/h1-3,7,9,12,14,25H,4-6,8,10-11H2,(H,24,29). The number of carbonyl (C=O) groups excluding carboxylic acids is 2. The zero-order valence-electron chi connectivity index (χ0n) is 16.1. The average molecular weight is 417 g/mol. The molecule has 0 bridgehead atoms. The number of piperidine rings is 1. The monoisotopic (exact) mass is 417 g/mol. The van der Waals surface area contributed by atoms with Crippen molar-refractivity contribution in [3.05, 3.63) is 36.8 Å². The summed E-state index contributed by atoms with van der Waals surface area (Å²) >= 11 is 0. The summed E-state index contributed by atoms with van der Waals surface area (Å²) in [4.78, 5) is 30.3. The van der Waals surface area contributed by atoms with Gasteiger partial charge in [-0.2, -0.15) is 5.10 Å². The number of nitrogens with zero attached hydrogens (tertiary/aromatic N) is 5. The first-order valence-electron chi connectivity index (χ1n) is 9.82. The Kier molecular flexibility index (Phi) is 4.33. The van der Waals surface area contributed by atoms with Crippen LogP contribution >= 0.6 is 0 Å². The lowest BCUT2D eigenvalue weighted by Gasteiger charge is -2.44.